The molecule has 0 aliphatic rings. The number of carbonyl (C=O) groups excluding carboxylic acids is 1. The van der Waals surface area contributed by atoms with Crippen LogP contribution in [0.4, 0.5) is 5.69 Å². The average molecular weight is 375 g/mol. The fraction of sp³-hybridized carbons (Fsp3) is 0.208. The van der Waals surface area contributed by atoms with Crippen molar-refractivity contribution < 1.29 is 14.3 Å². The molecule has 4 heteroatoms. The molecule has 1 N–H and O–H groups in total. The third kappa shape index (κ3) is 5.36. The minimum atomic E-state index is -0.606. The van der Waals surface area contributed by atoms with E-state index < -0.39 is 6.10 Å². The number of hydrogen-bond donors (Lipinski definition) is 1. The van der Waals surface area contributed by atoms with Crippen LogP contribution in [0.1, 0.15) is 32.3 Å². The van der Waals surface area contributed by atoms with E-state index in [0.717, 1.165) is 5.75 Å². The molecule has 0 heterocycles. The zero-order chi connectivity index (χ0) is 19.9. The summed E-state index contributed by atoms with van der Waals surface area (Å²) >= 11 is 0. The van der Waals surface area contributed by atoms with Gasteiger partial charge in [0.25, 0.3) is 5.91 Å². The molecule has 0 aliphatic carbocycles. The predicted molar refractivity (Wildman–Crippen MR) is 112 cm³/mol. The van der Waals surface area contributed by atoms with E-state index in [9.17, 15) is 4.79 Å². The van der Waals surface area contributed by atoms with Crippen molar-refractivity contribution >= 4 is 11.6 Å². The smallest absolute Gasteiger partial charge is 0.265 e. The number of carbonyl (C=O) groups is 1. The summed E-state index contributed by atoms with van der Waals surface area (Å²) in [4.78, 5) is 12.4. The van der Waals surface area contributed by atoms with Gasteiger partial charge in [0.2, 0.25) is 0 Å². The van der Waals surface area contributed by atoms with Crippen LogP contribution in [0.25, 0.3) is 0 Å². The number of anilines is 1. The molecule has 0 radical (unpaired) electrons. The molecule has 3 aromatic rings. The van der Waals surface area contributed by atoms with Crippen molar-refractivity contribution in [3.8, 4) is 17.2 Å². The lowest BCUT2D eigenvalue weighted by Gasteiger charge is -2.15. The quantitative estimate of drug-likeness (QED) is 0.550. The summed E-state index contributed by atoms with van der Waals surface area (Å²) in [5.74, 6) is 2.41. The van der Waals surface area contributed by atoms with E-state index in [4.69, 9.17) is 9.47 Å². The Morgan fingerprint density at radius 1 is 0.750 bits per heavy atom. The molecule has 0 unspecified atom stereocenters. The van der Waals surface area contributed by atoms with Gasteiger partial charge < -0.3 is 14.8 Å². The zero-order valence-corrected chi connectivity index (χ0v) is 16.4. The lowest BCUT2D eigenvalue weighted by atomic mass is 10.0. The molecule has 144 valence electrons. The van der Waals surface area contributed by atoms with E-state index in [1.807, 2.05) is 66.7 Å². The highest BCUT2D eigenvalue weighted by Gasteiger charge is 2.15. The van der Waals surface area contributed by atoms with Crippen molar-refractivity contribution in [3.05, 3.63) is 84.4 Å². The molecule has 1 amide bonds. The van der Waals surface area contributed by atoms with Gasteiger partial charge in [-0.25, -0.2) is 0 Å². The summed E-state index contributed by atoms with van der Waals surface area (Å²) in [5.41, 5.74) is 1.93. The number of amides is 1. The van der Waals surface area contributed by atoms with E-state index in [0.29, 0.717) is 23.1 Å². The van der Waals surface area contributed by atoms with Gasteiger partial charge in [-0.15, -0.1) is 0 Å². The topological polar surface area (TPSA) is 47.6 Å². The summed E-state index contributed by atoms with van der Waals surface area (Å²) < 4.78 is 11.5. The summed E-state index contributed by atoms with van der Waals surface area (Å²) in [6, 6.07) is 24.6. The lowest BCUT2D eigenvalue weighted by molar-refractivity contribution is -0.122. The largest absolute Gasteiger partial charge is 0.481 e. The Kier molecular flexibility index (Phi) is 6.33. The van der Waals surface area contributed by atoms with Gasteiger partial charge in [-0.1, -0.05) is 44.2 Å². The first-order valence-corrected chi connectivity index (χ1v) is 9.42. The van der Waals surface area contributed by atoms with Crippen LogP contribution in [0, 0.1) is 0 Å². The SMILES string of the molecule is CC(C)c1ccc(O[C@@H](C)C(=O)Nc2ccc(Oc3ccccc3)cc2)cc1. The Labute approximate surface area is 166 Å². The highest BCUT2D eigenvalue weighted by molar-refractivity contribution is 5.94. The number of rotatable bonds is 7. The molecule has 0 aromatic heterocycles. The van der Waals surface area contributed by atoms with E-state index in [1.54, 1.807) is 19.1 Å². The van der Waals surface area contributed by atoms with Crippen LogP contribution in [0.2, 0.25) is 0 Å². The Morgan fingerprint density at radius 2 is 1.32 bits per heavy atom. The Bertz CT molecular complexity index is 887. The van der Waals surface area contributed by atoms with Crippen LogP contribution < -0.4 is 14.8 Å². The molecule has 0 fully saturated rings. The maximum absolute atomic E-state index is 12.4. The Balaban J connectivity index is 1.54. The van der Waals surface area contributed by atoms with E-state index in [1.165, 1.54) is 5.56 Å². The monoisotopic (exact) mass is 375 g/mol. The first-order chi connectivity index (χ1) is 13.5. The second-order valence-corrected chi connectivity index (χ2v) is 6.91. The predicted octanol–water partition coefficient (Wildman–Crippen LogP) is 6.01. The van der Waals surface area contributed by atoms with Crippen molar-refractivity contribution in [2.45, 2.75) is 32.8 Å². The zero-order valence-electron chi connectivity index (χ0n) is 16.4. The minimum Gasteiger partial charge on any atom is -0.481 e. The molecule has 3 rings (SSSR count). The van der Waals surface area contributed by atoms with Crippen LogP contribution in [0.15, 0.2) is 78.9 Å². The summed E-state index contributed by atoms with van der Waals surface area (Å²) in [7, 11) is 0. The van der Waals surface area contributed by atoms with Crippen LogP contribution in [0.3, 0.4) is 0 Å². The van der Waals surface area contributed by atoms with Crippen LogP contribution in [0.5, 0.6) is 17.2 Å². The third-order valence-corrected chi connectivity index (χ3v) is 4.33. The van der Waals surface area contributed by atoms with E-state index in [-0.39, 0.29) is 5.91 Å². The number of hydrogen-bond acceptors (Lipinski definition) is 3. The molecular formula is C24H25NO3. The fourth-order valence-corrected chi connectivity index (χ4v) is 2.66. The average Bonchev–Trinajstić information content (AvgIpc) is 2.70. The highest BCUT2D eigenvalue weighted by Crippen LogP contribution is 2.23. The molecule has 3 aromatic carbocycles. The summed E-state index contributed by atoms with van der Waals surface area (Å²) in [5, 5.41) is 2.86. The Hall–Kier alpha value is -3.27. The maximum atomic E-state index is 12.4. The molecule has 0 aliphatic heterocycles. The number of nitrogens with one attached hydrogen (secondary N) is 1. The van der Waals surface area contributed by atoms with Gasteiger partial charge in [-0.2, -0.15) is 0 Å². The van der Waals surface area contributed by atoms with Crippen LogP contribution >= 0.6 is 0 Å². The number of benzene rings is 3. The van der Waals surface area contributed by atoms with Gasteiger partial charge >= 0.3 is 0 Å². The molecule has 4 nitrogen and oxygen atoms in total. The summed E-state index contributed by atoms with van der Waals surface area (Å²) in [6.07, 6.45) is -0.606. The first-order valence-electron chi connectivity index (χ1n) is 9.42. The summed E-state index contributed by atoms with van der Waals surface area (Å²) in [6.45, 7) is 6.02. The second kappa shape index (κ2) is 9.09. The fourth-order valence-electron chi connectivity index (χ4n) is 2.66. The molecule has 0 saturated heterocycles. The van der Waals surface area contributed by atoms with Crippen molar-refractivity contribution in [1.82, 2.24) is 0 Å². The van der Waals surface area contributed by atoms with Gasteiger partial charge in [-0.05, 0) is 66.9 Å². The lowest BCUT2D eigenvalue weighted by Crippen LogP contribution is -2.30. The molecule has 0 spiro atoms. The van der Waals surface area contributed by atoms with Crippen molar-refractivity contribution in [1.29, 1.82) is 0 Å². The molecule has 0 bridgehead atoms. The van der Waals surface area contributed by atoms with E-state index >= 15 is 0 Å². The van der Waals surface area contributed by atoms with Crippen molar-refractivity contribution in [2.24, 2.45) is 0 Å². The van der Waals surface area contributed by atoms with Crippen LogP contribution in [-0.2, 0) is 4.79 Å². The molecule has 0 saturated carbocycles. The third-order valence-electron chi connectivity index (χ3n) is 4.33. The highest BCUT2D eigenvalue weighted by atomic mass is 16.5. The maximum Gasteiger partial charge on any atom is 0.265 e. The number of ether oxygens (including phenoxy) is 2. The molecule has 1 atom stereocenters. The second-order valence-electron chi connectivity index (χ2n) is 6.91. The normalized spacial score (nSPS) is 11.7. The van der Waals surface area contributed by atoms with Gasteiger partial charge in [0.1, 0.15) is 17.2 Å². The Morgan fingerprint density at radius 3 is 1.93 bits per heavy atom. The van der Waals surface area contributed by atoms with Crippen LogP contribution in [-0.4, -0.2) is 12.0 Å². The first kappa shape index (κ1) is 19.5. The van der Waals surface area contributed by atoms with Gasteiger partial charge in [0.15, 0.2) is 6.10 Å². The number of para-hydroxylation sites is 1. The van der Waals surface area contributed by atoms with Gasteiger partial charge in [-0.3, -0.25) is 4.79 Å². The van der Waals surface area contributed by atoms with Gasteiger partial charge in [0, 0.05) is 5.69 Å². The van der Waals surface area contributed by atoms with Crippen molar-refractivity contribution in [3.63, 3.8) is 0 Å². The van der Waals surface area contributed by atoms with Crippen molar-refractivity contribution in [2.75, 3.05) is 5.32 Å². The molecule has 28 heavy (non-hydrogen) atoms. The standard InChI is InChI=1S/C24H25NO3/c1-17(2)19-9-13-22(14-10-19)27-18(3)24(26)25-20-11-15-23(16-12-20)28-21-7-5-4-6-8-21/h4-18H,1-3H3,(H,25,26)/t18-/m0/s1. The molecular weight excluding hydrogens is 350 g/mol. The minimum absolute atomic E-state index is 0.204. The van der Waals surface area contributed by atoms with Gasteiger partial charge in [0.05, 0.1) is 0 Å². The van der Waals surface area contributed by atoms with E-state index in [2.05, 4.69) is 19.2 Å².